The molecule has 4 rings (SSSR count). The number of fused-ring (bicyclic) bond motifs is 1. The van der Waals surface area contributed by atoms with Gasteiger partial charge >= 0.3 is 0 Å². The molecule has 3 N–H and O–H groups in total. The highest BCUT2D eigenvalue weighted by molar-refractivity contribution is 7.13. The van der Waals surface area contributed by atoms with Gasteiger partial charge in [0, 0.05) is 31.0 Å². The van der Waals surface area contributed by atoms with Crippen LogP contribution in [0.4, 0.5) is 10.9 Å². The van der Waals surface area contributed by atoms with Crippen LogP contribution in [-0.4, -0.2) is 50.8 Å². The van der Waals surface area contributed by atoms with E-state index in [2.05, 4.69) is 25.9 Å². The van der Waals surface area contributed by atoms with Crippen molar-refractivity contribution in [1.82, 2.24) is 20.2 Å². The van der Waals surface area contributed by atoms with Gasteiger partial charge in [-0.05, 0) is 32.4 Å². The maximum absolute atomic E-state index is 12.7. The first-order chi connectivity index (χ1) is 13.9. The van der Waals surface area contributed by atoms with Gasteiger partial charge in [0.25, 0.3) is 5.91 Å². The van der Waals surface area contributed by atoms with Crippen LogP contribution >= 0.6 is 11.3 Å². The predicted molar refractivity (Wildman–Crippen MR) is 109 cm³/mol. The molecular weight excluding hydrogens is 392 g/mol. The molecule has 2 aliphatic rings. The largest absolute Gasteiger partial charge is 0.347 e. The van der Waals surface area contributed by atoms with E-state index in [0.29, 0.717) is 35.9 Å². The quantitative estimate of drug-likeness (QED) is 0.704. The first-order valence-corrected chi connectivity index (χ1v) is 10.3. The Morgan fingerprint density at radius 1 is 1.34 bits per heavy atom. The predicted octanol–water partition coefficient (Wildman–Crippen LogP) is 1.74. The van der Waals surface area contributed by atoms with E-state index in [9.17, 15) is 14.4 Å². The van der Waals surface area contributed by atoms with Crippen molar-refractivity contribution in [3.05, 3.63) is 35.0 Å². The lowest BCUT2D eigenvalue weighted by Gasteiger charge is -2.39. The minimum absolute atomic E-state index is 0.122. The average molecular weight is 414 g/mol. The molecule has 1 saturated heterocycles. The van der Waals surface area contributed by atoms with Gasteiger partial charge in [-0.2, -0.15) is 0 Å². The Balaban J connectivity index is 1.48. The van der Waals surface area contributed by atoms with Crippen molar-refractivity contribution in [1.29, 1.82) is 0 Å². The Kier molecular flexibility index (Phi) is 4.95. The number of carbonyl (C=O) groups excluding carboxylic acids is 3. The van der Waals surface area contributed by atoms with E-state index in [-0.39, 0.29) is 24.1 Å². The van der Waals surface area contributed by atoms with Gasteiger partial charge in [-0.3, -0.25) is 14.4 Å². The fraction of sp³-hybridized carbons (Fsp3) is 0.421. The minimum atomic E-state index is -0.758. The Morgan fingerprint density at radius 2 is 2.17 bits per heavy atom. The molecule has 0 aliphatic carbocycles. The van der Waals surface area contributed by atoms with Crippen molar-refractivity contribution in [2.75, 3.05) is 17.2 Å². The summed E-state index contributed by atoms with van der Waals surface area (Å²) in [4.78, 5) is 48.0. The lowest BCUT2D eigenvalue weighted by Crippen LogP contribution is -2.58. The second-order valence-corrected chi connectivity index (χ2v) is 8.22. The van der Waals surface area contributed by atoms with Gasteiger partial charge < -0.3 is 20.9 Å². The summed E-state index contributed by atoms with van der Waals surface area (Å²) >= 11 is 1.35. The van der Waals surface area contributed by atoms with E-state index < -0.39 is 11.7 Å². The number of aromatic nitrogens is 2. The molecule has 3 amide bonds. The van der Waals surface area contributed by atoms with Crippen LogP contribution in [0.15, 0.2) is 23.7 Å². The van der Waals surface area contributed by atoms with E-state index in [0.717, 1.165) is 5.69 Å². The van der Waals surface area contributed by atoms with Gasteiger partial charge in [-0.25, -0.2) is 9.97 Å². The van der Waals surface area contributed by atoms with Crippen molar-refractivity contribution in [3.63, 3.8) is 0 Å². The summed E-state index contributed by atoms with van der Waals surface area (Å²) in [6.07, 6.45) is 2.72. The van der Waals surface area contributed by atoms with Crippen LogP contribution in [0.2, 0.25) is 0 Å². The monoisotopic (exact) mass is 414 g/mol. The zero-order chi connectivity index (χ0) is 20.6. The van der Waals surface area contributed by atoms with Crippen LogP contribution in [0.1, 0.15) is 42.2 Å². The molecule has 0 unspecified atom stereocenters. The molecule has 2 atom stereocenters. The summed E-state index contributed by atoms with van der Waals surface area (Å²) in [6, 6.07) is 2.77. The molecule has 10 heteroatoms. The molecule has 1 spiro atoms. The molecule has 0 radical (unpaired) electrons. The van der Waals surface area contributed by atoms with Gasteiger partial charge in [-0.1, -0.05) is 0 Å². The molecule has 1 fully saturated rings. The Hall–Kier alpha value is -3.01. The third-order valence-electron chi connectivity index (χ3n) is 5.32. The maximum Gasteiger partial charge on any atom is 0.256 e. The summed E-state index contributed by atoms with van der Waals surface area (Å²) < 4.78 is 0. The molecule has 0 saturated carbocycles. The number of pyridine rings is 1. The molecule has 0 aromatic carbocycles. The summed E-state index contributed by atoms with van der Waals surface area (Å²) in [5.74, 6) is -0.0984. The normalized spacial score (nSPS) is 22.3. The zero-order valence-corrected chi connectivity index (χ0v) is 17.0. The van der Waals surface area contributed by atoms with Crippen molar-refractivity contribution in [2.24, 2.45) is 0 Å². The van der Waals surface area contributed by atoms with E-state index in [1.165, 1.54) is 11.3 Å². The smallest absolute Gasteiger partial charge is 0.256 e. The molecule has 29 heavy (non-hydrogen) atoms. The number of amides is 3. The fourth-order valence-corrected chi connectivity index (χ4v) is 4.37. The number of likely N-dealkylation sites (tertiary alicyclic amines) is 1. The molecular formula is C19H22N6O3S. The van der Waals surface area contributed by atoms with Gasteiger partial charge in [0.05, 0.1) is 11.3 Å². The average Bonchev–Trinajstić information content (AvgIpc) is 3.04. The Morgan fingerprint density at radius 3 is 2.93 bits per heavy atom. The number of thiazole rings is 1. The summed E-state index contributed by atoms with van der Waals surface area (Å²) in [7, 11) is 0. The van der Waals surface area contributed by atoms with E-state index in [1.807, 2.05) is 12.3 Å². The molecule has 9 nitrogen and oxygen atoms in total. The number of rotatable bonds is 3. The van der Waals surface area contributed by atoms with E-state index >= 15 is 0 Å². The van der Waals surface area contributed by atoms with Crippen LogP contribution in [0.3, 0.4) is 0 Å². The van der Waals surface area contributed by atoms with Crippen molar-refractivity contribution in [3.8, 4) is 0 Å². The maximum atomic E-state index is 12.7. The SMILES string of the molecule is Cc1csc(NC(=O)[C@H](C)N2CC[C@@]3(CCC2=O)NC(=O)c2cccnc2N3)n1. The minimum Gasteiger partial charge on any atom is -0.347 e. The van der Waals surface area contributed by atoms with Crippen LogP contribution < -0.4 is 16.0 Å². The summed E-state index contributed by atoms with van der Waals surface area (Å²) in [6.45, 7) is 3.89. The summed E-state index contributed by atoms with van der Waals surface area (Å²) in [5.41, 5.74) is 0.557. The number of anilines is 2. The fourth-order valence-electron chi connectivity index (χ4n) is 3.68. The molecule has 2 aliphatic heterocycles. The van der Waals surface area contributed by atoms with Crippen LogP contribution in [0, 0.1) is 6.92 Å². The third kappa shape index (κ3) is 3.80. The van der Waals surface area contributed by atoms with Gasteiger partial charge in [0.1, 0.15) is 17.5 Å². The van der Waals surface area contributed by atoms with Gasteiger partial charge in [0.2, 0.25) is 11.8 Å². The molecule has 152 valence electrons. The number of hydrogen-bond donors (Lipinski definition) is 3. The standard InChI is InChI=1S/C19H22N6O3S/c1-11-10-29-18(21-11)22-16(27)12(2)25-9-7-19(6-5-14(25)26)23-15-13(17(28)24-19)4-3-8-20-15/h3-4,8,10,12H,5-7,9H2,1-2H3,(H,20,23)(H,24,28)(H,21,22,27)/t12-,19+/m0/s1. The van der Waals surface area contributed by atoms with Crippen LogP contribution in [0.25, 0.3) is 0 Å². The van der Waals surface area contributed by atoms with E-state index in [1.54, 1.807) is 30.2 Å². The number of nitrogens with one attached hydrogen (secondary N) is 3. The highest BCUT2D eigenvalue weighted by Crippen LogP contribution is 2.31. The molecule has 0 bridgehead atoms. The third-order valence-corrected chi connectivity index (χ3v) is 6.20. The zero-order valence-electron chi connectivity index (χ0n) is 16.2. The van der Waals surface area contributed by atoms with Crippen molar-refractivity contribution < 1.29 is 14.4 Å². The highest BCUT2D eigenvalue weighted by Gasteiger charge is 2.42. The first kappa shape index (κ1) is 19.3. The second-order valence-electron chi connectivity index (χ2n) is 7.36. The lowest BCUT2D eigenvalue weighted by atomic mass is 9.97. The Bertz CT molecular complexity index is 976. The molecule has 4 heterocycles. The van der Waals surface area contributed by atoms with Crippen LogP contribution in [-0.2, 0) is 9.59 Å². The molecule has 2 aromatic heterocycles. The first-order valence-electron chi connectivity index (χ1n) is 9.45. The van der Waals surface area contributed by atoms with E-state index in [4.69, 9.17) is 0 Å². The van der Waals surface area contributed by atoms with Crippen molar-refractivity contribution in [2.45, 2.75) is 44.8 Å². The lowest BCUT2D eigenvalue weighted by molar-refractivity contribution is -0.137. The number of hydrogen-bond acceptors (Lipinski definition) is 7. The molecule has 2 aromatic rings. The van der Waals surface area contributed by atoms with Gasteiger partial charge in [0.15, 0.2) is 5.13 Å². The highest BCUT2D eigenvalue weighted by atomic mass is 32.1. The van der Waals surface area contributed by atoms with Crippen LogP contribution in [0.5, 0.6) is 0 Å². The van der Waals surface area contributed by atoms with Crippen molar-refractivity contribution >= 4 is 40.0 Å². The number of nitrogens with zero attached hydrogens (tertiary/aromatic N) is 3. The second kappa shape index (κ2) is 7.43. The summed E-state index contributed by atoms with van der Waals surface area (Å²) in [5, 5.41) is 11.4. The number of aryl methyl sites for hydroxylation is 1. The topological polar surface area (TPSA) is 116 Å². The van der Waals surface area contributed by atoms with Gasteiger partial charge in [-0.15, -0.1) is 11.3 Å². The Labute approximate surface area is 171 Å². The number of carbonyl (C=O) groups is 3.